The van der Waals surface area contributed by atoms with Crippen molar-refractivity contribution in [2.45, 2.75) is 24.3 Å². The molecule has 0 fully saturated rings. The molecule has 5 heteroatoms. The van der Waals surface area contributed by atoms with E-state index in [1.165, 1.54) is 4.90 Å². The zero-order valence-electron chi connectivity index (χ0n) is 10.9. The predicted octanol–water partition coefficient (Wildman–Crippen LogP) is 3.05. The van der Waals surface area contributed by atoms with Crippen molar-refractivity contribution >= 4 is 27.7 Å². The molecule has 2 unspecified atom stereocenters. The molecule has 2 atom stereocenters. The number of nitrogens with two attached hydrogens (primary N) is 1. The first-order valence-corrected chi connectivity index (χ1v) is 7.78. The molecular formula is C13H21BrN2OS. The van der Waals surface area contributed by atoms with E-state index in [4.69, 9.17) is 10.6 Å². The van der Waals surface area contributed by atoms with Crippen molar-refractivity contribution in [3.05, 3.63) is 28.7 Å². The molecule has 0 aliphatic heterocycles. The monoisotopic (exact) mass is 332 g/mol. The summed E-state index contributed by atoms with van der Waals surface area (Å²) < 4.78 is 6.21. The minimum atomic E-state index is 0.300. The van der Waals surface area contributed by atoms with Crippen LogP contribution >= 0.6 is 27.7 Å². The molecule has 3 N–H and O–H groups in total. The Kier molecular flexibility index (Phi) is 7.93. The Hall–Kier alpha value is -0.0700. The summed E-state index contributed by atoms with van der Waals surface area (Å²) in [5.41, 5.74) is 2.91. The lowest BCUT2D eigenvalue weighted by Crippen LogP contribution is -2.42. The Morgan fingerprint density at radius 1 is 1.39 bits per heavy atom. The number of hydrogen-bond donors (Lipinski definition) is 2. The first-order valence-electron chi connectivity index (χ1n) is 6.00. The molecular weight excluding hydrogens is 312 g/mol. The summed E-state index contributed by atoms with van der Waals surface area (Å²) in [6.45, 7) is 2.98. The van der Waals surface area contributed by atoms with Crippen molar-refractivity contribution in [1.29, 1.82) is 0 Å². The molecule has 0 heterocycles. The van der Waals surface area contributed by atoms with Gasteiger partial charge in [0.15, 0.2) is 0 Å². The molecule has 0 aromatic heterocycles. The number of ether oxygens (including phenoxy) is 1. The van der Waals surface area contributed by atoms with E-state index in [1.807, 2.05) is 11.8 Å². The topological polar surface area (TPSA) is 47.3 Å². The van der Waals surface area contributed by atoms with Crippen LogP contribution in [0, 0.1) is 5.92 Å². The fourth-order valence-corrected chi connectivity index (χ4v) is 2.99. The Balaban J connectivity index is 2.41. The van der Waals surface area contributed by atoms with Crippen LogP contribution in [0.5, 0.6) is 0 Å². The zero-order chi connectivity index (χ0) is 13.4. The molecule has 0 saturated carbocycles. The first-order chi connectivity index (χ1) is 8.67. The van der Waals surface area contributed by atoms with E-state index in [0.29, 0.717) is 12.0 Å². The Morgan fingerprint density at radius 2 is 2.06 bits per heavy atom. The number of hydrazine groups is 1. The number of hydrogen-bond acceptors (Lipinski definition) is 4. The van der Waals surface area contributed by atoms with Crippen LogP contribution in [0.1, 0.15) is 13.3 Å². The van der Waals surface area contributed by atoms with Gasteiger partial charge in [0.2, 0.25) is 0 Å². The molecule has 0 aliphatic rings. The van der Waals surface area contributed by atoms with Gasteiger partial charge in [-0.2, -0.15) is 0 Å². The lowest BCUT2D eigenvalue weighted by molar-refractivity contribution is 0.172. The Morgan fingerprint density at radius 3 is 2.61 bits per heavy atom. The van der Waals surface area contributed by atoms with Crippen molar-refractivity contribution in [2.24, 2.45) is 11.8 Å². The molecule has 1 rings (SSSR count). The number of thioether (sulfide) groups is 1. The largest absolute Gasteiger partial charge is 0.385 e. The summed E-state index contributed by atoms with van der Waals surface area (Å²) in [5, 5.41) is 0. The molecule has 18 heavy (non-hydrogen) atoms. The van der Waals surface area contributed by atoms with Crippen LogP contribution < -0.4 is 11.3 Å². The number of nitrogens with one attached hydrogen (secondary N) is 1. The Labute approximate surface area is 122 Å². The summed E-state index contributed by atoms with van der Waals surface area (Å²) in [4.78, 5) is 1.26. The fraction of sp³-hybridized carbons (Fsp3) is 0.538. The third-order valence-electron chi connectivity index (χ3n) is 2.92. The first kappa shape index (κ1) is 16.0. The van der Waals surface area contributed by atoms with E-state index in [0.717, 1.165) is 23.3 Å². The van der Waals surface area contributed by atoms with Gasteiger partial charge in [-0.15, -0.1) is 11.8 Å². The van der Waals surface area contributed by atoms with E-state index < -0.39 is 0 Å². The molecule has 0 bridgehead atoms. The van der Waals surface area contributed by atoms with Crippen molar-refractivity contribution in [2.75, 3.05) is 19.5 Å². The summed E-state index contributed by atoms with van der Waals surface area (Å²) >= 11 is 5.25. The molecule has 102 valence electrons. The third kappa shape index (κ3) is 5.71. The summed E-state index contributed by atoms with van der Waals surface area (Å²) in [5.74, 6) is 7.08. The lowest BCUT2D eigenvalue weighted by atomic mass is 10.0. The van der Waals surface area contributed by atoms with Crippen molar-refractivity contribution in [3.8, 4) is 0 Å². The summed E-state index contributed by atoms with van der Waals surface area (Å²) in [7, 11) is 1.73. The number of methoxy groups -OCH3 is 1. The van der Waals surface area contributed by atoms with Gasteiger partial charge < -0.3 is 4.74 Å². The highest BCUT2D eigenvalue weighted by Crippen LogP contribution is 2.23. The van der Waals surface area contributed by atoms with Gasteiger partial charge in [0, 0.05) is 34.9 Å². The quantitative estimate of drug-likeness (QED) is 0.436. The molecule has 0 radical (unpaired) electrons. The van der Waals surface area contributed by atoms with Gasteiger partial charge in [0.1, 0.15) is 0 Å². The minimum Gasteiger partial charge on any atom is -0.385 e. The molecule has 1 aromatic rings. The standard InChI is InChI=1S/C13H21BrN2OS/c1-10(7-8-17-2)13(16-15)9-18-12-5-3-11(14)4-6-12/h3-6,10,13,16H,7-9,15H2,1-2H3. The lowest BCUT2D eigenvalue weighted by Gasteiger charge is -2.22. The van der Waals surface area contributed by atoms with E-state index >= 15 is 0 Å². The molecule has 0 amide bonds. The van der Waals surface area contributed by atoms with E-state index in [1.54, 1.807) is 7.11 Å². The van der Waals surface area contributed by atoms with Crippen LogP contribution in [0.4, 0.5) is 0 Å². The molecule has 0 saturated heterocycles. The summed E-state index contributed by atoms with van der Waals surface area (Å²) in [6.07, 6.45) is 1.02. The van der Waals surface area contributed by atoms with Gasteiger partial charge in [-0.25, -0.2) is 0 Å². The van der Waals surface area contributed by atoms with Crippen LogP contribution in [-0.2, 0) is 4.74 Å². The molecule has 1 aromatic carbocycles. The minimum absolute atomic E-state index is 0.300. The van der Waals surface area contributed by atoms with Crippen LogP contribution in [0.25, 0.3) is 0 Å². The zero-order valence-corrected chi connectivity index (χ0v) is 13.3. The second-order valence-electron chi connectivity index (χ2n) is 4.30. The Bertz CT molecular complexity index is 334. The third-order valence-corrected chi connectivity index (χ3v) is 4.58. The highest BCUT2D eigenvalue weighted by Gasteiger charge is 2.15. The second kappa shape index (κ2) is 8.93. The maximum absolute atomic E-state index is 5.62. The fourth-order valence-electron chi connectivity index (χ4n) is 1.60. The van der Waals surface area contributed by atoms with Gasteiger partial charge in [-0.3, -0.25) is 11.3 Å². The van der Waals surface area contributed by atoms with Gasteiger partial charge in [0.25, 0.3) is 0 Å². The molecule has 0 aliphatic carbocycles. The van der Waals surface area contributed by atoms with Crippen LogP contribution in [0.15, 0.2) is 33.6 Å². The number of benzene rings is 1. The summed E-state index contributed by atoms with van der Waals surface area (Å²) in [6, 6.07) is 8.64. The van der Waals surface area contributed by atoms with Gasteiger partial charge in [-0.1, -0.05) is 22.9 Å². The number of rotatable bonds is 8. The highest BCUT2D eigenvalue weighted by molar-refractivity contribution is 9.10. The van der Waals surface area contributed by atoms with Crippen LogP contribution in [0.3, 0.4) is 0 Å². The number of halogens is 1. The van der Waals surface area contributed by atoms with Crippen LogP contribution in [-0.4, -0.2) is 25.5 Å². The highest BCUT2D eigenvalue weighted by atomic mass is 79.9. The van der Waals surface area contributed by atoms with Gasteiger partial charge >= 0.3 is 0 Å². The molecule has 0 spiro atoms. The van der Waals surface area contributed by atoms with Crippen molar-refractivity contribution in [1.82, 2.24) is 5.43 Å². The normalized spacial score (nSPS) is 14.4. The average Bonchev–Trinajstić information content (AvgIpc) is 2.39. The molecule has 3 nitrogen and oxygen atoms in total. The van der Waals surface area contributed by atoms with Crippen molar-refractivity contribution < 1.29 is 4.74 Å². The van der Waals surface area contributed by atoms with Gasteiger partial charge in [-0.05, 0) is 36.6 Å². The van der Waals surface area contributed by atoms with Gasteiger partial charge in [0.05, 0.1) is 0 Å². The maximum Gasteiger partial charge on any atom is 0.0465 e. The van der Waals surface area contributed by atoms with E-state index in [9.17, 15) is 0 Å². The predicted molar refractivity (Wildman–Crippen MR) is 81.6 cm³/mol. The second-order valence-corrected chi connectivity index (χ2v) is 6.31. The average molecular weight is 333 g/mol. The van der Waals surface area contributed by atoms with E-state index in [-0.39, 0.29) is 0 Å². The van der Waals surface area contributed by atoms with E-state index in [2.05, 4.69) is 52.5 Å². The SMILES string of the molecule is COCCC(C)C(CSc1ccc(Br)cc1)NN. The smallest absolute Gasteiger partial charge is 0.0465 e. The maximum atomic E-state index is 5.62. The van der Waals surface area contributed by atoms with Crippen molar-refractivity contribution in [3.63, 3.8) is 0 Å². The van der Waals surface area contributed by atoms with Crippen LogP contribution in [0.2, 0.25) is 0 Å².